The predicted octanol–water partition coefficient (Wildman–Crippen LogP) is 4.09. The minimum Gasteiger partial charge on any atom is -0.211 e. The Balaban J connectivity index is 2.30. The highest BCUT2D eigenvalue weighted by atomic mass is 79.9. The van der Waals surface area contributed by atoms with Gasteiger partial charge in [0, 0.05) is 0 Å². The van der Waals surface area contributed by atoms with Gasteiger partial charge >= 0.3 is 0 Å². The first-order valence-electron chi connectivity index (χ1n) is 4.53. The smallest absolute Gasteiger partial charge is 0.114 e. The lowest BCUT2D eigenvalue weighted by Crippen LogP contribution is -2.03. The molecule has 0 heterocycles. The van der Waals surface area contributed by atoms with Crippen molar-refractivity contribution in [3.05, 3.63) is 53.9 Å². The van der Waals surface area contributed by atoms with Crippen LogP contribution in [0.3, 0.4) is 0 Å². The van der Waals surface area contributed by atoms with Crippen LogP contribution in [0.5, 0.6) is 0 Å². The minimum absolute atomic E-state index is 0.0929. The predicted molar refractivity (Wildman–Crippen MR) is 60.9 cm³/mol. The summed E-state index contributed by atoms with van der Waals surface area (Å²) in [5, 5.41) is 0. The average Bonchev–Trinajstić information content (AvgIpc) is 2.23. The molecule has 1 atom stereocenters. The highest BCUT2D eigenvalue weighted by molar-refractivity contribution is 9.09. The van der Waals surface area contributed by atoms with Crippen molar-refractivity contribution in [1.82, 2.24) is 0 Å². The zero-order valence-electron chi connectivity index (χ0n) is 7.58. The SMILES string of the molecule is FC1=CC=C(c2ccccc2)CC1Br. The molecule has 14 heavy (non-hydrogen) atoms. The molecule has 72 valence electrons. The largest absolute Gasteiger partial charge is 0.211 e. The summed E-state index contributed by atoms with van der Waals surface area (Å²) < 4.78 is 13.0. The molecule has 1 unspecified atom stereocenters. The fraction of sp³-hybridized carbons (Fsp3) is 0.167. The number of allylic oxidation sites excluding steroid dienone is 4. The molecular formula is C12H10BrF. The molecule has 0 aliphatic heterocycles. The van der Waals surface area contributed by atoms with Crippen LogP contribution in [-0.4, -0.2) is 4.83 Å². The van der Waals surface area contributed by atoms with Crippen molar-refractivity contribution in [2.75, 3.05) is 0 Å². The molecule has 0 radical (unpaired) electrons. The van der Waals surface area contributed by atoms with Gasteiger partial charge < -0.3 is 0 Å². The second kappa shape index (κ2) is 4.09. The maximum absolute atomic E-state index is 13.0. The van der Waals surface area contributed by atoms with Crippen molar-refractivity contribution in [2.45, 2.75) is 11.2 Å². The van der Waals surface area contributed by atoms with Gasteiger partial charge in [0.05, 0.1) is 4.83 Å². The molecule has 2 rings (SSSR count). The summed E-state index contributed by atoms with van der Waals surface area (Å²) in [6.07, 6.45) is 4.10. The molecule has 1 aromatic rings. The van der Waals surface area contributed by atoms with E-state index in [1.54, 1.807) is 0 Å². The van der Waals surface area contributed by atoms with Crippen molar-refractivity contribution >= 4 is 21.5 Å². The van der Waals surface area contributed by atoms with E-state index < -0.39 is 0 Å². The standard InChI is InChI=1S/C12H10BrF/c13-11-8-10(6-7-12(11)14)9-4-2-1-3-5-9/h1-7,11H,8H2. The van der Waals surface area contributed by atoms with E-state index in [0.717, 1.165) is 0 Å². The number of halogens is 2. The summed E-state index contributed by atoms with van der Waals surface area (Å²) in [4.78, 5) is -0.164. The van der Waals surface area contributed by atoms with E-state index in [1.165, 1.54) is 17.2 Å². The third-order valence-corrected chi connectivity index (χ3v) is 3.05. The molecule has 2 heteroatoms. The Kier molecular flexibility index (Phi) is 2.82. The van der Waals surface area contributed by atoms with Crippen molar-refractivity contribution in [2.24, 2.45) is 0 Å². The highest BCUT2D eigenvalue weighted by Crippen LogP contribution is 2.31. The van der Waals surface area contributed by atoms with Crippen LogP contribution < -0.4 is 0 Å². The molecule has 0 nitrogen and oxygen atoms in total. The second-order valence-electron chi connectivity index (χ2n) is 3.28. The number of hydrogen-bond acceptors (Lipinski definition) is 0. The summed E-state index contributed by atoms with van der Waals surface area (Å²) in [5.41, 5.74) is 2.34. The zero-order chi connectivity index (χ0) is 9.97. The molecule has 0 saturated heterocycles. The van der Waals surface area contributed by atoms with Crippen LogP contribution in [0.25, 0.3) is 5.57 Å². The van der Waals surface area contributed by atoms with E-state index in [2.05, 4.69) is 15.9 Å². The molecule has 0 fully saturated rings. The van der Waals surface area contributed by atoms with Crippen molar-refractivity contribution in [1.29, 1.82) is 0 Å². The molecular weight excluding hydrogens is 243 g/mol. The van der Waals surface area contributed by atoms with Gasteiger partial charge in [0.25, 0.3) is 0 Å². The molecule has 0 spiro atoms. The van der Waals surface area contributed by atoms with E-state index in [-0.39, 0.29) is 10.7 Å². The first-order chi connectivity index (χ1) is 6.77. The van der Waals surface area contributed by atoms with Crippen LogP contribution in [0, 0.1) is 0 Å². The zero-order valence-corrected chi connectivity index (χ0v) is 9.17. The first kappa shape index (κ1) is 9.66. The Morgan fingerprint density at radius 1 is 1.14 bits per heavy atom. The monoisotopic (exact) mass is 252 g/mol. The average molecular weight is 253 g/mol. The molecule has 0 aromatic heterocycles. The van der Waals surface area contributed by atoms with Gasteiger partial charge in [-0.25, -0.2) is 4.39 Å². The lowest BCUT2D eigenvalue weighted by atomic mass is 9.97. The Labute approximate surface area is 91.3 Å². The van der Waals surface area contributed by atoms with Crippen molar-refractivity contribution in [3.63, 3.8) is 0 Å². The fourth-order valence-electron chi connectivity index (χ4n) is 1.51. The number of hydrogen-bond donors (Lipinski definition) is 0. The third kappa shape index (κ3) is 1.95. The number of rotatable bonds is 1. The Bertz CT molecular complexity index is 379. The topological polar surface area (TPSA) is 0 Å². The molecule has 0 bridgehead atoms. The Morgan fingerprint density at radius 3 is 2.50 bits per heavy atom. The quantitative estimate of drug-likeness (QED) is 0.661. The van der Waals surface area contributed by atoms with E-state index >= 15 is 0 Å². The third-order valence-electron chi connectivity index (χ3n) is 2.29. The van der Waals surface area contributed by atoms with Gasteiger partial charge in [0.1, 0.15) is 5.83 Å². The molecule has 1 aliphatic carbocycles. The maximum atomic E-state index is 13.0. The van der Waals surface area contributed by atoms with Crippen LogP contribution >= 0.6 is 15.9 Å². The summed E-state index contributed by atoms with van der Waals surface area (Å²) in [5.74, 6) is -0.0929. The minimum atomic E-state index is -0.164. The number of alkyl halides is 1. The van der Waals surface area contributed by atoms with E-state index in [4.69, 9.17) is 0 Å². The highest BCUT2D eigenvalue weighted by Gasteiger charge is 2.16. The van der Waals surface area contributed by atoms with Crippen LogP contribution in [0.4, 0.5) is 4.39 Å². The van der Waals surface area contributed by atoms with E-state index in [1.807, 2.05) is 36.4 Å². The van der Waals surface area contributed by atoms with Crippen molar-refractivity contribution in [3.8, 4) is 0 Å². The van der Waals surface area contributed by atoms with Crippen LogP contribution in [-0.2, 0) is 0 Å². The fourth-order valence-corrected chi connectivity index (χ4v) is 2.01. The lowest BCUT2D eigenvalue weighted by Gasteiger charge is -2.15. The summed E-state index contributed by atoms with van der Waals surface area (Å²) in [7, 11) is 0. The second-order valence-corrected chi connectivity index (χ2v) is 4.39. The Hall–Kier alpha value is -0.890. The summed E-state index contributed by atoms with van der Waals surface area (Å²) in [6.45, 7) is 0. The Morgan fingerprint density at radius 2 is 1.86 bits per heavy atom. The van der Waals surface area contributed by atoms with Gasteiger partial charge in [0.2, 0.25) is 0 Å². The summed E-state index contributed by atoms with van der Waals surface area (Å²) >= 11 is 3.31. The van der Waals surface area contributed by atoms with Gasteiger partial charge in [-0.15, -0.1) is 0 Å². The number of benzene rings is 1. The van der Waals surface area contributed by atoms with Gasteiger partial charge in [-0.05, 0) is 23.6 Å². The lowest BCUT2D eigenvalue weighted by molar-refractivity contribution is 0.601. The maximum Gasteiger partial charge on any atom is 0.114 e. The van der Waals surface area contributed by atoms with Crippen LogP contribution in [0.1, 0.15) is 12.0 Å². The normalized spacial score (nSPS) is 21.4. The first-order valence-corrected chi connectivity index (χ1v) is 5.44. The molecule has 0 N–H and O–H groups in total. The van der Waals surface area contributed by atoms with Crippen molar-refractivity contribution < 1.29 is 4.39 Å². The van der Waals surface area contributed by atoms with Gasteiger partial charge in [-0.1, -0.05) is 52.3 Å². The molecule has 1 aromatic carbocycles. The van der Waals surface area contributed by atoms with Gasteiger partial charge in [-0.3, -0.25) is 0 Å². The van der Waals surface area contributed by atoms with Crippen LogP contribution in [0.15, 0.2) is 48.3 Å². The van der Waals surface area contributed by atoms with E-state index in [9.17, 15) is 4.39 Å². The van der Waals surface area contributed by atoms with E-state index in [0.29, 0.717) is 6.42 Å². The summed E-state index contributed by atoms with van der Waals surface area (Å²) in [6, 6.07) is 10.1. The molecule has 0 amide bonds. The molecule has 1 aliphatic rings. The van der Waals surface area contributed by atoms with Crippen LogP contribution in [0.2, 0.25) is 0 Å². The van der Waals surface area contributed by atoms with Gasteiger partial charge in [-0.2, -0.15) is 0 Å². The van der Waals surface area contributed by atoms with Gasteiger partial charge in [0.15, 0.2) is 0 Å². The molecule has 0 saturated carbocycles.